The van der Waals surface area contributed by atoms with Crippen LogP contribution in [0.15, 0.2) is 72.3 Å². The summed E-state index contributed by atoms with van der Waals surface area (Å²) in [4.78, 5) is 32.9. The van der Waals surface area contributed by atoms with Gasteiger partial charge in [0, 0.05) is 11.1 Å². The number of aromatic nitrogens is 1. The van der Waals surface area contributed by atoms with Crippen molar-refractivity contribution in [3.8, 4) is 17.2 Å². The first-order chi connectivity index (χ1) is 18.0. The maximum atomic E-state index is 13.5. The van der Waals surface area contributed by atoms with Gasteiger partial charge in [-0.1, -0.05) is 29.5 Å². The fraction of sp³-hybridized carbons (Fsp3) is 0.179. The van der Waals surface area contributed by atoms with Gasteiger partial charge in [0.2, 0.25) is 0 Å². The van der Waals surface area contributed by atoms with Crippen LogP contribution < -0.4 is 19.1 Å². The van der Waals surface area contributed by atoms with E-state index in [4.69, 9.17) is 14.2 Å². The summed E-state index contributed by atoms with van der Waals surface area (Å²) in [7, 11) is 3.09. The van der Waals surface area contributed by atoms with Crippen LogP contribution in [-0.2, 0) is 9.59 Å². The first kappa shape index (κ1) is 24.3. The minimum atomic E-state index is -0.954. The molecule has 1 aliphatic heterocycles. The molecule has 37 heavy (non-hydrogen) atoms. The van der Waals surface area contributed by atoms with Gasteiger partial charge >= 0.3 is 5.91 Å². The van der Waals surface area contributed by atoms with Crippen LogP contribution in [-0.4, -0.2) is 42.6 Å². The molecule has 2 heterocycles. The second kappa shape index (κ2) is 9.94. The van der Waals surface area contributed by atoms with Crippen LogP contribution in [0.25, 0.3) is 16.0 Å². The monoisotopic (exact) mass is 516 g/mol. The highest BCUT2D eigenvalue weighted by Crippen LogP contribution is 2.46. The van der Waals surface area contributed by atoms with Gasteiger partial charge in [-0.25, -0.2) is 4.98 Å². The Morgan fingerprint density at radius 1 is 1.00 bits per heavy atom. The highest BCUT2D eigenvalue weighted by Gasteiger charge is 2.49. The molecular weight excluding hydrogens is 492 g/mol. The van der Waals surface area contributed by atoms with Gasteiger partial charge in [-0.15, -0.1) is 0 Å². The van der Waals surface area contributed by atoms with Crippen LogP contribution in [0.5, 0.6) is 17.2 Å². The number of para-hydroxylation sites is 1. The Hall–Kier alpha value is -4.37. The van der Waals surface area contributed by atoms with Crippen molar-refractivity contribution in [2.75, 3.05) is 25.7 Å². The van der Waals surface area contributed by atoms with Gasteiger partial charge in [-0.3, -0.25) is 14.5 Å². The zero-order valence-electron chi connectivity index (χ0n) is 20.4. The summed E-state index contributed by atoms with van der Waals surface area (Å²) in [5, 5.41) is 11.7. The molecule has 0 aliphatic carbocycles. The molecule has 4 aromatic rings. The molecule has 0 unspecified atom stereocenters. The van der Waals surface area contributed by atoms with Crippen molar-refractivity contribution in [1.29, 1.82) is 0 Å². The molecule has 1 atom stereocenters. The van der Waals surface area contributed by atoms with Gasteiger partial charge in [0.15, 0.2) is 5.13 Å². The van der Waals surface area contributed by atoms with Crippen LogP contribution in [0.3, 0.4) is 0 Å². The quantitative estimate of drug-likeness (QED) is 0.201. The molecular formula is C28H24N2O6S. The highest BCUT2D eigenvalue weighted by atomic mass is 32.1. The van der Waals surface area contributed by atoms with E-state index in [2.05, 4.69) is 4.98 Å². The van der Waals surface area contributed by atoms with Gasteiger partial charge in [0.05, 0.1) is 36.6 Å². The van der Waals surface area contributed by atoms with E-state index in [0.29, 0.717) is 45.6 Å². The van der Waals surface area contributed by atoms with Gasteiger partial charge in [0.25, 0.3) is 5.78 Å². The first-order valence-corrected chi connectivity index (χ1v) is 12.4. The second-order valence-corrected chi connectivity index (χ2v) is 9.21. The predicted molar refractivity (Wildman–Crippen MR) is 142 cm³/mol. The van der Waals surface area contributed by atoms with Crippen molar-refractivity contribution < 1.29 is 28.9 Å². The van der Waals surface area contributed by atoms with Gasteiger partial charge in [-0.2, -0.15) is 0 Å². The van der Waals surface area contributed by atoms with Crippen LogP contribution in [0, 0.1) is 0 Å². The molecule has 1 aromatic heterocycles. The van der Waals surface area contributed by atoms with Crippen molar-refractivity contribution in [1.82, 2.24) is 4.98 Å². The van der Waals surface area contributed by atoms with Crippen molar-refractivity contribution in [3.63, 3.8) is 0 Å². The molecule has 1 aliphatic rings. The standard InChI is InChI=1S/C28H24N2O6S/c1-4-36-17-11-9-16(10-12-17)25(31)23-24(19-7-5-6-8-21(19)35-3)30(27(33)26(23)32)28-29-20-14-13-18(34-2)15-22(20)37-28/h5-15,24,31H,4H2,1-3H3/t24-/m1/s1. The third-order valence-electron chi connectivity index (χ3n) is 6.11. The Morgan fingerprint density at radius 3 is 2.43 bits per heavy atom. The van der Waals surface area contributed by atoms with E-state index in [1.165, 1.54) is 23.3 Å². The number of Topliss-reactive ketones (excluding diaryl/α,β-unsaturated/α-hetero) is 1. The summed E-state index contributed by atoms with van der Waals surface area (Å²) < 4.78 is 17.2. The summed E-state index contributed by atoms with van der Waals surface area (Å²) in [5.74, 6) is -0.122. The van der Waals surface area contributed by atoms with E-state index in [9.17, 15) is 14.7 Å². The Balaban J connectivity index is 1.70. The van der Waals surface area contributed by atoms with Gasteiger partial charge < -0.3 is 19.3 Å². The zero-order valence-corrected chi connectivity index (χ0v) is 21.2. The average molecular weight is 517 g/mol. The summed E-state index contributed by atoms with van der Waals surface area (Å²) in [6.45, 7) is 2.37. The fourth-order valence-corrected chi connectivity index (χ4v) is 5.39. The van der Waals surface area contributed by atoms with Crippen molar-refractivity contribution in [2.45, 2.75) is 13.0 Å². The topological polar surface area (TPSA) is 98.2 Å². The first-order valence-electron chi connectivity index (χ1n) is 11.6. The fourth-order valence-electron chi connectivity index (χ4n) is 4.37. The molecule has 1 saturated heterocycles. The predicted octanol–water partition coefficient (Wildman–Crippen LogP) is 5.34. The number of aliphatic hydroxyl groups excluding tert-OH is 1. The number of benzene rings is 3. The van der Waals surface area contributed by atoms with E-state index in [1.54, 1.807) is 67.8 Å². The molecule has 188 valence electrons. The van der Waals surface area contributed by atoms with E-state index >= 15 is 0 Å². The molecule has 1 amide bonds. The number of amides is 1. The molecule has 8 nitrogen and oxygen atoms in total. The van der Waals surface area contributed by atoms with Crippen molar-refractivity contribution >= 4 is 44.1 Å². The van der Waals surface area contributed by atoms with Crippen LogP contribution in [0.2, 0.25) is 0 Å². The summed E-state index contributed by atoms with van der Waals surface area (Å²) in [5.41, 5.74) is 1.55. The molecule has 0 spiro atoms. The molecule has 0 saturated carbocycles. The van der Waals surface area contributed by atoms with E-state index < -0.39 is 17.7 Å². The lowest BCUT2D eigenvalue weighted by Gasteiger charge is -2.24. The molecule has 3 aromatic carbocycles. The van der Waals surface area contributed by atoms with Crippen molar-refractivity contribution in [3.05, 3.63) is 83.4 Å². The third kappa shape index (κ3) is 4.27. The number of ketones is 1. The Morgan fingerprint density at radius 2 is 1.73 bits per heavy atom. The number of thiazole rings is 1. The van der Waals surface area contributed by atoms with E-state index in [0.717, 1.165) is 4.70 Å². The Kier molecular flexibility index (Phi) is 6.54. The van der Waals surface area contributed by atoms with E-state index in [1.807, 2.05) is 13.0 Å². The molecule has 9 heteroatoms. The Bertz CT molecular complexity index is 1530. The number of fused-ring (bicyclic) bond motifs is 1. The highest BCUT2D eigenvalue weighted by molar-refractivity contribution is 7.22. The van der Waals surface area contributed by atoms with Gasteiger partial charge in [0.1, 0.15) is 29.0 Å². The molecule has 1 N–H and O–H groups in total. The number of hydrogen-bond donors (Lipinski definition) is 1. The summed E-state index contributed by atoms with van der Waals surface area (Å²) in [6.07, 6.45) is 0. The largest absolute Gasteiger partial charge is 0.507 e. The smallest absolute Gasteiger partial charge is 0.301 e. The number of methoxy groups -OCH3 is 2. The maximum Gasteiger partial charge on any atom is 0.301 e. The summed E-state index contributed by atoms with van der Waals surface area (Å²) in [6, 6.07) is 18.3. The lowest BCUT2D eigenvalue weighted by molar-refractivity contribution is -0.132. The summed E-state index contributed by atoms with van der Waals surface area (Å²) >= 11 is 1.26. The Labute approximate surface area is 217 Å². The molecule has 5 rings (SSSR count). The van der Waals surface area contributed by atoms with E-state index in [-0.39, 0.29) is 11.3 Å². The molecule has 1 fully saturated rings. The SMILES string of the molecule is CCOc1ccc(C(O)=C2C(=O)C(=O)N(c3nc4ccc(OC)cc4s3)[C@@H]2c2ccccc2OC)cc1. The molecule has 0 radical (unpaired) electrons. The number of hydrogen-bond acceptors (Lipinski definition) is 8. The minimum absolute atomic E-state index is 0.0458. The van der Waals surface area contributed by atoms with Crippen LogP contribution in [0.4, 0.5) is 5.13 Å². The number of aliphatic hydroxyl groups is 1. The minimum Gasteiger partial charge on any atom is -0.507 e. The van der Waals surface area contributed by atoms with Crippen LogP contribution in [0.1, 0.15) is 24.1 Å². The normalized spacial score (nSPS) is 16.8. The van der Waals surface area contributed by atoms with Gasteiger partial charge in [-0.05, 0) is 55.5 Å². The number of anilines is 1. The van der Waals surface area contributed by atoms with Crippen molar-refractivity contribution in [2.24, 2.45) is 0 Å². The lowest BCUT2D eigenvalue weighted by atomic mass is 9.94. The van der Waals surface area contributed by atoms with Crippen LogP contribution >= 0.6 is 11.3 Å². The zero-order chi connectivity index (χ0) is 26.1. The number of ether oxygens (including phenoxy) is 3. The average Bonchev–Trinajstić information content (AvgIpc) is 3.46. The number of rotatable bonds is 7. The number of carbonyl (C=O) groups is 2. The third-order valence-corrected chi connectivity index (χ3v) is 7.12. The number of carbonyl (C=O) groups excluding carboxylic acids is 2. The second-order valence-electron chi connectivity index (χ2n) is 8.20. The molecule has 0 bridgehead atoms. The maximum absolute atomic E-state index is 13.5. The lowest BCUT2D eigenvalue weighted by Crippen LogP contribution is -2.29. The number of nitrogens with zero attached hydrogens (tertiary/aromatic N) is 2.